The first-order valence-electron chi connectivity index (χ1n) is 12.1. The van der Waals surface area contributed by atoms with Gasteiger partial charge in [0, 0.05) is 54.6 Å². The second-order valence-corrected chi connectivity index (χ2v) is 10.1. The van der Waals surface area contributed by atoms with E-state index in [9.17, 15) is 9.18 Å². The smallest absolute Gasteiger partial charge is 0.319 e. The number of ether oxygens (including phenoxy) is 1. The Kier molecular flexibility index (Phi) is 6.34. The van der Waals surface area contributed by atoms with Crippen molar-refractivity contribution in [3.8, 4) is 22.1 Å². The molecule has 38 heavy (non-hydrogen) atoms. The van der Waals surface area contributed by atoms with E-state index in [4.69, 9.17) is 4.74 Å². The molecule has 0 radical (unpaired) electrons. The van der Waals surface area contributed by atoms with E-state index in [0.29, 0.717) is 18.0 Å². The van der Waals surface area contributed by atoms with Crippen LogP contribution in [-0.2, 0) is 6.54 Å². The maximum Gasteiger partial charge on any atom is 0.319 e. The van der Waals surface area contributed by atoms with Gasteiger partial charge in [-0.25, -0.2) is 9.18 Å². The first kappa shape index (κ1) is 23.9. The molecule has 4 aromatic heterocycles. The van der Waals surface area contributed by atoms with Gasteiger partial charge in [0.05, 0.1) is 20.8 Å². The normalized spacial score (nSPS) is 12.9. The number of aromatic amines is 1. The molecule has 6 rings (SSSR count). The number of carbonyl (C=O) groups excluding carboxylic acids is 1. The van der Waals surface area contributed by atoms with Crippen molar-refractivity contribution in [1.82, 2.24) is 25.5 Å². The standard InChI is InChI=1S/C27H24FN7O2S/c1-15-10-25(35-34-15)31-14-16-2-6-20(30-13-16)24-12-21-26(38-24)23(8-9-29-21)37-22-7-5-18(11-19(22)28)33-27(36)32-17-3-4-17/h2,5-13,17H,3-4,14H2,1H3,(H2,31,34,35)(H2,32,33,36). The van der Waals surface area contributed by atoms with Crippen molar-refractivity contribution in [3.05, 3.63) is 78.0 Å². The number of hydrogen-bond acceptors (Lipinski definition) is 7. The fourth-order valence-corrected chi connectivity index (χ4v) is 4.90. The minimum atomic E-state index is -0.577. The highest BCUT2D eigenvalue weighted by molar-refractivity contribution is 7.22. The lowest BCUT2D eigenvalue weighted by molar-refractivity contribution is 0.251. The third-order valence-corrected chi connectivity index (χ3v) is 7.12. The van der Waals surface area contributed by atoms with E-state index in [0.717, 1.165) is 50.7 Å². The number of halogens is 1. The van der Waals surface area contributed by atoms with Crippen LogP contribution in [0.5, 0.6) is 11.5 Å². The zero-order valence-electron chi connectivity index (χ0n) is 20.4. The van der Waals surface area contributed by atoms with Gasteiger partial charge in [-0.3, -0.25) is 15.1 Å². The maximum absolute atomic E-state index is 14.8. The quantitative estimate of drug-likeness (QED) is 0.190. The molecule has 1 aliphatic carbocycles. The van der Waals surface area contributed by atoms with Crippen LogP contribution in [0.3, 0.4) is 0 Å². The third kappa shape index (κ3) is 5.42. The lowest BCUT2D eigenvalue weighted by atomic mass is 10.2. The Morgan fingerprint density at radius 2 is 2.03 bits per heavy atom. The summed E-state index contributed by atoms with van der Waals surface area (Å²) in [5, 5.41) is 15.8. The van der Waals surface area contributed by atoms with E-state index in [1.807, 2.05) is 37.4 Å². The van der Waals surface area contributed by atoms with Crippen LogP contribution in [0.25, 0.3) is 20.8 Å². The Morgan fingerprint density at radius 1 is 1.13 bits per heavy atom. The molecule has 1 fully saturated rings. The summed E-state index contributed by atoms with van der Waals surface area (Å²) in [6.45, 7) is 2.56. The number of carbonyl (C=O) groups is 1. The van der Waals surface area contributed by atoms with Crippen LogP contribution in [0.1, 0.15) is 24.1 Å². The first-order chi connectivity index (χ1) is 18.5. The number of thiophene rings is 1. The molecular weight excluding hydrogens is 505 g/mol. The van der Waals surface area contributed by atoms with Crippen LogP contribution in [0.4, 0.5) is 20.7 Å². The Hall–Kier alpha value is -4.51. The van der Waals surface area contributed by atoms with Crippen molar-refractivity contribution in [2.45, 2.75) is 32.4 Å². The van der Waals surface area contributed by atoms with Gasteiger partial charge in [0.15, 0.2) is 11.6 Å². The highest BCUT2D eigenvalue weighted by Gasteiger charge is 2.23. The van der Waals surface area contributed by atoms with Crippen LogP contribution in [-0.4, -0.2) is 32.2 Å². The molecule has 0 aliphatic heterocycles. The summed E-state index contributed by atoms with van der Waals surface area (Å²) >= 11 is 1.48. The van der Waals surface area contributed by atoms with Crippen molar-refractivity contribution in [1.29, 1.82) is 0 Å². The Morgan fingerprint density at radius 3 is 2.76 bits per heavy atom. The number of benzene rings is 1. The second kappa shape index (κ2) is 10.1. The van der Waals surface area contributed by atoms with Gasteiger partial charge in [-0.15, -0.1) is 11.3 Å². The van der Waals surface area contributed by atoms with Crippen molar-refractivity contribution in [2.24, 2.45) is 0 Å². The molecule has 9 nitrogen and oxygen atoms in total. The molecule has 1 aliphatic rings. The number of H-pyrrole nitrogens is 1. The number of aryl methyl sites for hydroxylation is 1. The number of fused-ring (bicyclic) bond motifs is 1. The van der Waals surface area contributed by atoms with E-state index < -0.39 is 5.82 Å². The Bertz CT molecular complexity index is 1610. The summed E-state index contributed by atoms with van der Waals surface area (Å²) in [7, 11) is 0. The molecule has 4 N–H and O–H groups in total. The van der Waals surface area contributed by atoms with Gasteiger partial charge < -0.3 is 20.7 Å². The first-order valence-corrected chi connectivity index (χ1v) is 13.0. The van der Waals surface area contributed by atoms with Crippen molar-refractivity contribution >= 4 is 39.1 Å². The number of pyridine rings is 2. The maximum atomic E-state index is 14.8. The van der Waals surface area contributed by atoms with Crippen LogP contribution in [0, 0.1) is 12.7 Å². The second-order valence-electron chi connectivity index (χ2n) is 9.10. The molecule has 0 bridgehead atoms. The van der Waals surface area contributed by atoms with E-state index in [1.165, 1.54) is 23.5 Å². The molecule has 5 aromatic rings. The fraction of sp³-hybridized carbons (Fsp3) is 0.185. The predicted molar refractivity (Wildman–Crippen MR) is 145 cm³/mol. The minimum absolute atomic E-state index is 0.0580. The lowest BCUT2D eigenvalue weighted by Crippen LogP contribution is -2.30. The summed E-state index contributed by atoms with van der Waals surface area (Å²) in [5.41, 5.74) is 3.92. The van der Waals surface area contributed by atoms with Gasteiger partial charge in [0.25, 0.3) is 0 Å². The number of amides is 2. The van der Waals surface area contributed by atoms with Crippen molar-refractivity contribution in [2.75, 3.05) is 10.6 Å². The summed E-state index contributed by atoms with van der Waals surface area (Å²) < 4.78 is 21.5. The zero-order chi connectivity index (χ0) is 26.1. The molecule has 4 heterocycles. The van der Waals surface area contributed by atoms with E-state index in [1.54, 1.807) is 18.3 Å². The Balaban J connectivity index is 1.16. The van der Waals surface area contributed by atoms with Gasteiger partial charge in [0.1, 0.15) is 11.6 Å². The fourth-order valence-electron chi connectivity index (χ4n) is 3.86. The topological polar surface area (TPSA) is 117 Å². The van der Waals surface area contributed by atoms with Gasteiger partial charge >= 0.3 is 6.03 Å². The average molecular weight is 530 g/mol. The predicted octanol–water partition coefficient (Wildman–Crippen LogP) is 6.22. The number of nitrogens with one attached hydrogen (secondary N) is 4. The molecule has 1 saturated carbocycles. The molecule has 1 aromatic carbocycles. The monoisotopic (exact) mass is 529 g/mol. The van der Waals surface area contributed by atoms with Crippen LogP contribution in [0.15, 0.2) is 60.9 Å². The summed E-state index contributed by atoms with van der Waals surface area (Å²) in [6.07, 6.45) is 5.41. The number of anilines is 2. The van der Waals surface area contributed by atoms with Crippen LogP contribution in [0.2, 0.25) is 0 Å². The zero-order valence-corrected chi connectivity index (χ0v) is 21.2. The van der Waals surface area contributed by atoms with E-state index in [2.05, 4.69) is 36.1 Å². The van der Waals surface area contributed by atoms with Gasteiger partial charge in [-0.2, -0.15) is 5.10 Å². The largest absolute Gasteiger partial charge is 0.453 e. The Labute approximate surface area is 221 Å². The highest BCUT2D eigenvalue weighted by atomic mass is 32.1. The molecule has 0 atom stereocenters. The third-order valence-electron chi connectivity index (χ3n) is 5.95. The molecule has 192 valence electrons. The molecular formula is C27H24FN7O2S. The number of aromatic nitrogens is 4. The van der Waals surface area contributed by atoms with E-state index in [-0.39, 0.29) is 17.8 Å². The SMILES string of the molecule is Cc1cc(NCc2ccc(-c3cc4nccc(Oc5ccc(NC(=O)NC6CC6)cc5F)c4s3)nc2)n[nH]1. The summed E-state index contributed by atoms with van der Waals surface area (Å²) in [5.74, 6) is 0.762. The average Bonchev–Trinajstić information content (AvgIpc) is 3.44. The van der Waals surface area contributed by atoms with Crippen LogP contribution < -0.4 is 20.7 Å². The number of urea groups is 1. The molecule has 0 saturated heterocycles. The van der Waals surface area contributed by atoms with Crippen molar-refractivity contribution in [3.63, 3.8) is 0 Å². The van der Waals surface area contributed by atoms with Gasteiger partial charge in [-0.1, -0.05) is 6.07 Å². The summed E-state index contributed by atoms with van der Waals surface area (Å²) in [6, 6.07) is 13.8. The van der Waals surface area contributed by atoms with Gasteiger partial charge in [0.2, 0.25) is 0 Å². The number of nitrogens with zero attached hydrogens (tertiary/aromatic N) is 3. The summed E-state index contributed by atoms with van der Waals surface area (Å²) in [4.78, 5) is 21.9. The molecule has 0 unspecified atom stereocenters. The molecule has 0 spiro atoms. The van der Waals surface area contributed by atoms with Crippen LogP contribution >= 0.6 is 11.3 Å². The molecule has 2 amide bonds. The number of hydrogen-bond donors (Lipinski definition) is 4. The highest BCUT2D eigenvalue weighted by Crippen LogP contribution is 2.39. The number of rotatable bonds is 8. The van der Waals surface area contributed by atoms with Crippen molar-refractivity contribution < 1.29 is 13.9 Å². The molecule has 11 heteroatoms. The lowest BCUT2D eigenvalue weighted by Gasteiger charge is -2.10. The van der Waals surface area contributed by atoms with Gasteiger partial charge in [-0.05, 0) is 49.6 Å². The van der Waals surface area contributed by atoms with E-state index >= 15 is 0 Å². The minimum Gasteiger partial charge on any atom is -0.453 e.